The maximum atomic E-state index is 5.62. The van der Waals surface area contributed by atoms with E-state index < -0.39 is 0 Å². The Morgan fingerprint density at radius 1 is 1.05 bits per heavy atom. The lowest BCUT2D eigenvalue weighted by atomic mass is 9.53. The Balaban J connectivity index is 1.80. The van der Waals surface area contributed by atoms with E-state index in [0.29, 0.717) is 0 Å². The summed E-state index contributed by atoms with van der Waals surface area (Å²) in [5, 5.41) is 0. The maximum absolute atomic E-state index is 5.62. The third kappa shape index (κ3) is 2.83. The van der Waals surface area contributed by atoms with Crippen molar-refractivity contribution in [3.8, 4) is 0 Å². The molecule has 19 heavy (non-hydrogen) atoms. The number of hydrogen-bond acceptors (Lipinski definition) is 2. The average Bonchev–Trinajstić information content (AvgIpc) is 2.23. The van der Waals surface area contributed by atoms with E-state index >= 15 is 0 Å². The normalized spacial score (nSPS) is 41.7. The van der Waals surface area contributed by atoms with E-state index in [9.17, 15) is 0 Å². The molecule has 108 valence electrons. The fraction of sp³-hybridized carbons (Fsp3) is 0.941. The second kappa shape index (κ2) is 4.49. The van der Waals surface area contributed by atoms with Gasteiger partial charge in [-0.1, -0.05) is 20.8 Å². The Labute approximate surface area is 118 Å². The molecule has 2 heteroatoms. The molecule has 0 saturated heterocycles. The van der Waals surface area contributed by atoms with E-state index in [1.54, 1.807) is 7.11 Å². The number of methoxy groups -OCH3 is 1. The Morgan fingerprint density at radius 2 is 1.53 bits per heavy atom. The summed E-state index contributed by atoms with van der Waals surface area (Å²) in [6.45, 7) is 6.80. The first kappa shape index (κ1) is 13.5. The molecule has 2 nitrogen and oxygen atoms in total. The van der Waals surface area contributed by atoms with Gasteiger partial charge in [0.2, 0.25) is 0 Å². The minimum atomic E-state index is 0.255. The van der Waals surface area contributed by atoms with Gasteiger partial charge in [-0.3, -0.25) is 0 Å². The number of ether oxygens (including phenoxy) is 1. The van der Waals surface area contributed by atoms with E-state index in [2.05, 4.69) is 20.8 Å². The fourth-order valence-corrected chi connectivity index (χ4v) is 5.08. The molecule has 0 amide bonds. The first-order valence-electron chi connectivity index (χ1n) is 8.00. The van der Waals surface area contributed by atoms with Gasteiger partial charge in [-0.25, -0.2) is 4.99 Å². The molecule has 0 aromatic heterocycles. The number of nitrogens with zero attached hydrogens (tertiary/aromatic N) is 1. The van der Waals surface area contributed by atoms with Gasteiger partial charge in [0, 0.05) is 6.42 Å². The Hall–Kier alpha value is -0.530. The zero-order chi connectivity index (χ0) is 13.7. The highest BCUT2D eigenvalue weighted by Gasteiger charge is 2.51. The first-order chi connectivity index (χ1) is 8.87. The first-order valence-corrected chi connectivity index (χ1v) is 8.00. The fourth-order valence-electron chi connectivity index (χ4n) is 5.08. The van der Waals surface area contributed by atoms with Crippen molar-refractivity contribution in [3.63, 3.8) is 0 Å². The van der Waals surface area contributed by atoms with Gasteiger partial charge in [0.05, 0.1) is 12.6 Å². The predicted octanol–water partition coefficient (Wildman–Crippen LogP) is 4.44. The van der Waals surface area contributed by atoms with Gasteiger partial charge in [-0.2, -0.15) is 0 Å². The molecule has 0 heterocycles. The van der Waals surface area contributed by atoms with Crippen molar-refractivity contribution >= 4 is 5.90 Å². The number of rotatable bonds is 2. The van der Waals surface area contributed by atoms with Crippen LogP contribution < -0.4 is 0 Å². The van der Waals surface area contributed by atoms with Crippen molar-refractivity contribution in [1.29, 1.82) is 0 Å². The van der Waals surface area contributed by atoms with E-state index in [0.717, 1.165) is 30.1 Å². The largest absolute Gasteiger partial charge is 0.484 e. The molecule has 0 aromatic carbocycles. The van der Waals surface area contributed by atoms with Crippen LogP contribution in [0, 0.1) is 23.2 Å². The van der Waals surface area contributed by atoms with Crippen LogP contribution in [-0.2, 0) is 4.74 Å². The monoisotopic (exact) mass is 263 g/mol. The molecule has 4 bridgehead atoms. The quantitative estimate of drug-likeness (QED) is 0.533. The number of hydrogen-bond donors (Lipinski definition) is 0. The third-order valence-electron chi connectivity index (χ3n) is 5.28. The molecule has 4 saturated carbocycles. The predicted molar refractivity (Wildman–Crippen MR) is 79.4 cm³/mol. The summed E-state index contributed by atoms with van der Waals surface area (Å²) in [6.07, 6.45) is 9.40. The van der Waals surface area contributed by atoms with Crippen LogP contribution in [0.5, 0.6) is 0 Å². The summed E-state index contributed by atoms with van der Waals surface area (Å²) in [6, 6.07) is 0. The average molecular weight is 263 g/mol. The van der Waals surface area contributed by atoms with Crippen molar-refractivity contribution in [2.45, 2.75) is 71.3 Å². The molecule has 0 atom stereocenters. The van der Waals surface area contributed by atoms with Gasteiger partial charge in [0.1, 0.15) is 0 Å². The summed E-state index contributed by atoms with van der Waals surface area (Å²) in [7, 11) is 1.80. The van der Waals surface area contributed by atoms with Crippen molar-refractivity contribution in [3.05, 3.63) is 0 Å². The molecule has 0 spiro atoms. The Kier molecular flexibility index (Phi) is 3.18. The molecule has 4 aliphatic carbocycles. The van der Waals surface area contributed by atoms with Gasteiger partial charge in [-0.05, 0) is 61.7 Å². The lowest BCUT2D eigenvalue weighted by Gasteiger charge is -2.55. The molecule has 0 radical (unpaired) electrons. The molecule has 0 aliphatic heterocycles. The van der Waals surface area contributed by atoms with Crippen molar-refractivity contribution < 1.29 is 4.74 Å². The van der Waals surface area contributed by atoms with Crippen LogP contribution in [0.1, 0.15) is 65.7 Å². The van der Waals surface area contributed by atoms with E-state index in [-0.39, 0.29) is 11.0 Å². The molecule has 0 aromatic rings. The van der Waals surface area contributed by atoms with Crippen LogP contribution in [0.2, 0.25) is 0 Å². The zero-order valence-electron chi connectivity index (χ0n) is 13.0. The third-order valence-corrected chi connectivity index (χ3v) is 5.28. The molecule has 4 fully saturated rings. The lowest BCUT2D eigenvalue weighted by molar-refractivity contribution is 0.000428. The summed E-state index contributed by atoms with van der Waals surface area (Å²) in [5.74, 6) is 3.88. The summed E-state index contributed by atoms with van der Waals surface area (Å²) in [4.78, 5) is 5.17. The molecule has 4 aliphatic rings. The maximum Gasteiger partial charge on any atom is 0.183 e. The molecule has 0 N–H and O–H groups in total. The van der Waals surface area contributed by atoms with Gasteiger partial charge in [-0.15, -0.1) is 0 Å². The minimum Gasteiger partial charge on any atom is -0.484 e. The second-order valence-electron chi connectivity index (χ2n) is 8.59. The van der Waals surface area contributed by atoms with Crippen molar-refractivity contribution in [2.24, 2.45) is 28.2 Å². The van der Waals surface area contributed by atoms with Gasteiger partial charge < -0.3 is 4.74 Å². The van der Waals surface area contributed by atoms with E-state index in [1.807, 2.05) is 0 Å². The van der Waals surface area contributed by atoms with Gasteiger partial charge in [0.25, 0.3) is 0 Å². The molecular formula is C17H29NO. The summed E-state index contributed by atoms with van der Waals surface area (Å²) < 4.78 is 5.62. The Morgan fingerprint density at radius 3 is 1.89 bits per heavy atom. The van der Waals surface area contributed by atoms with Gasteiger partial charge in [0.15, 0.2) is 5.90 Å². The van der Waals surface area contributed by atoms with Crippen LogP contribution in [0.25, 0.3) is 0 Å². The van der Waals surface area contributed by atoms with E-state index in [4.69, 9.17) is 9.73 Å². The zero-order valence-corrected chi connectivity index (χ0v) is 13.0. The standard InChI is InChI=1S/C17H29NO/c1-16(2,3)11-15(19-4)18-17-8-12-5-13(9-17)7-14(6-12)10-17/h12-14H,5-11H2,1-4H3. The Bertz CT molecular complexity index is 342. The number of aliphatic imine (C=N–C) groups is 1. The lowest BCUT2D eigenvalue weighted by Crippen LogP contribution is -2.49. The van der Waals surface area contributed by atoms with Crippen LogP contribution >= 0.6 is 0 Å². The van der Waals surface area contributed by atoms with Crippen LogP contribution in [-0.4, -0.2) is 18.5 Å². The van der Waals surface area contributed by atoms with Gasteiger partial charge >= 0.3 is 0 Å². The summed E-state index contributed by atoms with van der Waals surface area (Å²) in [5.41, 5.74) is 0.516. The van der Waals surface area contributed by atoms with E-state index in [1.165, 1.54) is 38.5 Å². The SMILES string of the molecule is COC(CC(C)(C)C)=NC12CC3CC(CC(C3)C1)C2. The highest BCUT2D eigenvalue weighted by molar-refractivity contribution is 5.77. The van der Waals surface area contributed by atoms with Crippen LogP contribution in [0.4, 0.5) is 0 Å². The summed E-state index contributed by atoms with van der Waals surface area (Å²) >= 11 is 0. The molecule has 0 unspecified atom stereocenters. The van der Waals surface area contributed by atoms with Crippen LogP contribution in [0.15, 0.2) is 4.99 Å². The van der Waals surface area contributed by atoms with Crippen molar-refractivity contribution in [2.75, 3.05) is 7.11 Å². The topological polar surface area (TPSA) is 21.6 Å². The molecular weight excluding hydrogens is 234 g/mol. The molecule has 4 rings (SSSR count). The van der Waals surface area contributed by atoms with Crippen LogP contribution in [0.3, 0.4) is 0 Å². The highest BCUT2D eigenvalue weighted by Crippen LogP contribution is 2.57. The highest BCUT2D eigenvalue weighted by atomic mass is 16.5. The second-order valence-corrected chi connectivity index (χ2v) is 8.59. The van der Waals surface area contributed by atoms with Crippen molar-refractivity contribution in [1.82, 2.24) is 0 Å². The smallest absolute Gasteiger partial charge is 0.183 e. The minimum absolute atomic E-state index is 0.255.